The van der Waals surface area contributed by atoms with Gasteiger partial charge in [-0.2, -0.15) is 0 Å². The predicted octanol–water partition coefficient (Wildman–Crippen LogP) is 5.11. The molecule has 1 saturated heterocycles. The summed E-state index contributed by atoms with van der Waals surface area (Å²) >= 11 is 0. The first-order valence-electron chi connectivity index (χ1n) is 12.2. The molecule has 7 heteroatoms. The molecule has 1 heterocycles. The molecule has 3 amide bonds. The molecule has 0 aromatic heterocycles. The van der Waals surface area contributed by atoms with Crippen molar-refractivity contribution >= 4 is 23.6 Å². The van der Waals surface area contributed by atoms with Gasteiger partial charge in [0.05, 0.1) is 6.54 Å². The van der Waals surface area contributed by atoms with E-state index in [0.717, 1.165) is 23.1 Å². The van der Waals surface area contributed by atoms with Crippen molar-refractivity contribution in [3.8, 4) is 0 Å². The van der Waals surface area contributed by atoms with Crippen molar-refractivity contribution in [2.45, 2.75) is 51.9 Å². The van der Waals surface area contributed by atoms with Gasteiger partial charge in [0.15, 0.2) is 12.1 Å². The summed E-state index contributed by atoms with van der Waals surface area (Å²) in [7, 11) is 0. The number of ether oxygens (including phenoxy) is 1. The lowest BCUT2D eigenvalue weighted by molar-refractivity contribution is -0.126. The minimum Gasteiger partial charge on any atom is -0.438 e. The van der Waals surface area contributed by atoms with Gasteiger partial charge in [-0.25, -0.2) is 4.79 Å². The lowest BCUT2D eigenvalue weighted by atomic mass is 9.99. The molecule has 1 aliphatic heterocycles. The summed E-state index contributed by atoms with van der Waals surface area (Å²) in [6, 6.07) is 23.7. The zero-order valence-electron chi connectivity index (χ0n) is 20.6. The van der Waals surface area contributed by atoms with Crippen LogP contribution in [0.25, 0.3) is 0 Å². The van der Waals surface area contributed by atoms with Crippen LogP contribution in [0.4, 0.5) is 10.5 Å². The number of hydrogen-bond acceptors (Lipinski definition) is 4. The summed E-state index contributed by atoms with van der Waals surface area (Å²) < 4.78 is 5.76. The van der Waals surface area contributed by atoms with E-state index in [2.05, 4.69) is 10.6 Å². The van der Waals surface area contributed by atoms with E-state index in [1.807, 2.05) is 68.4 Å². The van der Waals surface area contributed by atoms with Gasteiger partial charge in [-0.05, 0) is 42.2 Å². The monoisotopic (exact) mass is 485 g/mol. The summed E-state index contributed by atoms with van der Waals surface area (Å²) in [4.78, 5) is 40.1. The Balaban J connectivity index is 1.60. The first-order valence-corrected chi connectivity index (χ1v) is 12.2. The Bertz CT molecular complexity index is 1210. The second-order valence-electron chi connectivity index (χ2n) is 8.99. The number of anilines is 1. The van der Waals surface area contributed by atoms with Gasteiger partial charge in [0.1, 0.15) is 0 Å². The third-order valence-electron chi connectivity index (χ3n) is 6.11. The van der Waals surface area contributed by atoms with Gasteiger partial charge in [-0.3, -0.25) is 14.5 Å². The van der Waals surface area contributed by atoms with Crippen LogP contribution in [0.15, 0.2) is 78.9 Å². The van der Waals surface area contributed by atoms with E-state index in [1.54, 1.807) is 24.3 Å². The van der Waals surface area contributed by atoms with Gasteiger partial charge in [-0.15, -0.1) is 0 Å². The van der Waals surface area contributed by atoms with E-state index < -0.39 is 18.2 Å². The Labute approximate surface area is 211 Å². The average molecular weight is 486 g/mol. The molecule has 0 radical (unpaired) electrons. The normalized spacial score (nSPS) is 16.9. The topological polar surface area (TPSA) is 87.7 Å². The van der Waals surface area contributed by atoms with E-state index in [0.29, 0.717) is 24.2 Å². The molecule has 0 aliphatic carbocycles. The number of benzene rings is 3. The highest BCUT2D eigenvalue weighted by atomic mass is 16.6. The molecule has 4 rings (SSSR count). The molecule has 1 aliphatic rings. The molecule has 7 nitrogen and oxygen atoms in total. The maximum Gasteiger partial charge on any atom is 0.411 e. The summed E-state index contributed by atoms with van der Waals surface area (Å²) in [5.41, 5.74) is 4.21. The van der Waals surface area contributed by atoms with E-state index in [-0.39, 0.29) is 18.4 Å². The van der Waals surface area contributed by atoms with Crippen molar-refractivity contribution in [2.24, 2.45) is 0 Å². The van der Waals surface area contributed by atoms with Crippen LogP contribution in [0.2, 0.25) is 0 Å². The number of aryl methyl sites for hydroxylation is 1. The SMILES string of the molecule is CCCC(=O)Nc1cccc([C@H]2OC(=O)N(Cc3ccc(C)cc3)[C@@H]2C(=O)NCc2ccccc2)c1. The van der Waals surface area contributed by atoms with Crippen LogP contribution in [0.3, 0.4) is 0 Å². The fraction of sp³-hybridized carbons (Fsp3) is 0.276. The van der Waals surface area contributed by atoms with E-state index in [9.17, 15) is 14.4 Å². The Morgan fingerprint density at radius 2 is 1.69 bits per heavy atom. The summed E-state index contributed by atoms with van der Waals surface area (Å²) in [6.07, 6.45) is -0.219. The minimum absolute atomic E-state index is 0.0868. The van der Waals surface area contributed by atoms with Gasteiger partial charge >= 0.3 is 6.09 Å². The highest BCUT2D eigenvalue weighted by Crippen LogP contribution is 2.35. The summed E-state index contributed by atoms with van der Waals surface area (Å²) in [5.74, 6) is -0.390. The molecule has 3 aromatic rings. The maximum atomic E-state index is 13.5. The number of carbonyl (C=O) groups is 3. The Morgan fingerprint density at radius 3 is 2.42 bits per heavy atom. The Hall–Kier alpha value is -4.13. The smallest absolute Gasteiger partial charge is 0.411 e. The second-order valence-corrected chi connectivity index (χ2v) is 8.99. The van der Waals surface area contributed by atoms with Crippen LogP contribution in [0.5, 0.6) is 0 Å². The number of nitrogens with zero attached hydrogens (tertiary/aromatic N) is 1. The molecule has 0 unspecified atom stereocenters. The molecule has 2 atom stereocenters. The molecule has 1 fully saturated rings. The quantitative estimate of drug-likeness (QED) is 0.441. The molecular formula is C29H31N3O4. The van der Waals surface area contributed by atoms with Gasteiger partial charge in [0, 0.05) is 18.7 Å². The molecule has 0 saturated carbocycles. The van der Waals surface area contributed by atoms with Gasteiger partial charge in [0.2, 0.25) is 11.8 Å². The zero-order chi connectivity index (χ0) is 25.5. The lowest BCUT2D eigenvalue weighted by Gasteiger charge is -2.24. The predicted molar refractivity (Wildman–Crippen MR) is 138 cm³/mol. The number of rotatable bonds is 9. The summed E-state index contributed by atoms with van der Waals surface area (Å²) in [5, 5.41) is 5.84. The van der Waals surface area contributed by atoms with Crippen molar-refractivity contribution in [3.05, 3.63) is 101 Å². The number of nitrogens with one attached hydrogen (secondary N) is 2. The van der Waals surface area contributed by atoms with Crippen LogP contribution >= 0.6 is 0 Å². The second kappa shape index (κ2) is 11.5. The molecule has 2 N–H and O–H groups in total. The van der Waals surface area contributed by atoms with Crippen LogP contribution in [-0.4, -0.2) is 28.8 Å². The highest BCUT2D eigenvalue weighted by Gasteiger charge is 2.47. The minimum atomic E-state index is -0.871. The molecule has 186 valence electrons. The molecule has 3 aromatic carbocycles. The van der Waals surface area contributed by atoms with Crippen molar-refractivity contribution < 1.29 is 19.1 Å². The van der Waals surface area contributed by atoms with Crippen molar-refractivity contribution in [1.82, 2.24) is 10.2 Å². The van der Waals surface area contributed by atoms with Crippen LogP contribution < -0.4 is 10.6 Å². The molecule has 0 spiro atoms. The lowest BCUT2D eigenvalue weighted by Crippen LogP contribution is -2.46. The average Bonchev–Trinajstić information content (AvgIpc) is 3.20. The third-order valence-corrected chi connectivity index (χ3v) is 6.11. The largest absolute Gasteiger partial charge is 0.438 e. The van der Waals surface area contributed by atoms with E-state index in [1.165, 1.54) is 4.90 Å². The van der Waals surface area contributed by atoms with Crippen molar-refractivity contribution in [2.75, 3.05) is 5.32 Å². The van der Waals surface area contributed by atoms with Gasteiger partial charge in [-0.1, -0.05) is 79.2 Å². The van der Waals surface area contributed by atoms with Crippen LogP contribution in [0.1, 0.15) is 48.1 Å². The fourth-order valence-electron chi connectivity index (χ4n) is 4.23. The first-order chi connectivity index (χ1) is 17.4. The maximum absolute atomic E-state index is 13.5. The van der Waals surface area contributed by atoms with E-state index in [4.69, 9.17) is 4.74 Å². The number of cyclic esters (lactones) is 1. The number of hydrogen-bond donors (Lipinski definition) is 2. The van der Waals surface area contributed by atoms with E-state index >= 15 is 0 Å². The summed E-state index contributed by atoms with van der Waals surface area (Å²) in [6.45, 7) is 4.51. The Kier molecular flexibility index (Phi) is 8.00. The number of carbonyl (C=O) groups excluding carboxylic acids is 3. The molecule has 36 heavy (non-hydrogen) atoms. The zero-order valence-corrected chi connectivity index (χ0v) is 20.6. The third kappa shape index (κ3) is 6.10. The first kappa shape index (κ1) is 25.0. The Morgan fingerprint density at radius 1 is 0.944 bits per heavy atom. The number of amides is 3. The van der Waals surface area contributed by atoms with Crippen molar-refractivity contribution in [1.29, 1.82) is 0 Å². The van der Waals surface area contributed by atoms with Crippen LogP contribution in [-0.2, 0) is 27.4 Å². The van der Waals surface area contributed by atoms with Crippen molar-refractivity contribution in [3.63, 3.8) is 0 Å². The molecular weight excluding hydrogens is 454 g/mol. The highest BCUT2D eigenvalue weighted by molar-refractivity contribution is 5.91. The van der Waals surface area contributed by atoms with Gasteiger partial charge in [0.25, 0.3) is 0 Å². The fourth-order valence-corrected chi connectivity index (χ4v) is 4.23. The standard InChI is InChI=1S/C29H31N3O4/c1-3-8-25(33)31-24-12-7-11-23(17-24)27-26(28(34)30-18-21-9-5-4-6-10-21)32(29(35)36-27)19-22-15-13-20(2)14-16-22/h4-7,9-17,26-27H,3,8,18-19H2,1-2H3,(H,30,34)(H,31,33)/t26-,27+/m0/s1. The molecule has 0 bridgehead atoms. The van der Waals surface area contributed by atoms with Gasteiger partial charge < -0.3 is 15.4 Å². The van der Waals surface area contributed by atoms with Crippen LogP contribution in [0, 0.1) is 6.92 Å².